The van der Waals surface area contributed by atoms with Gasteiger partial charge in [0.2, 0.25) is 0 Å². The second kappa shape index (κ2) is 6.31. The number of benzene rings is 2. The van der Waals surface area contributed by atoms with Crippen LogP contribution in [0.4, 0.5) is 4.39 Å². The van der Waals surface area contributed by atoms with Gasteiger partial charge in [-0.25, -0.2) is 18.4 Å². The number of nitrogens with zero attached hydrogens (tertiary/aromatic N) is 3. The van der Waals surface area contributed by atoms with Gasteiger partial charge in [-0.15, -0.1) is 5.10 Å². The van der Waals surface area contributed by atoms with Crippen molar-refractivity contribution in [1.82, 2.24) is 14.3 Å². The number of aryl methyl sites for hydroxylation is 2. The van der Waals surface area contributed by atoms with E-state index in [1.54, 1.807) is 19.2 Å². The van der Waals surface area contributed by atoms with E-state index >= 15 is 0 Å². The third-order valence-corrected chi connectivity index (χ3v) is 4.01. The molecular formula is C18H18FN3O2. The van der Waals surface area contributed by atoms with E-state index in [1.807, 2.05) is 25.1 Å². The quantitative estimate of drug-likeness (QED) is 0.740. The summed E-state index contributed by atoms with van der Waals surface area (Å²) in [7, 11) is 3.07. The lowest BCUT2D eigenvalue weighted by atomic mass is 9.99. The summed E-state index contributed by atoms with van der Waals surface area (Å²) in [6.45, 7) is 2.34. The molecule has 0 amide bonds. The van der Waals surface area contributed by atoms with Crippen molar-refractivity contribution in [1.29, 1.82) is 0 Å². The third-order valence-electron chi connectivity index (χ3n) is 4.01. The van der Waals surface area contributed by atoms with Gasteiger partial charge in [-0.05, 0) is 47.4 Å². The van der Waals surface area contributed by atoms with Crippen LogP contribution < -0.4 is 10.4 Å². The first-order valence-electron chi connectivity index (χ1n) is 7.53. The molecule has 2 aromatic carbocycles. The predicted octanol–water partition coefficient (Wildman–Crippen LogP) is 2.75. The number of ether oxygens (including phenoxy) is 1. The highest BCUT2D eigenvalue weighted by Crippen LogP contribution is 2.23. The SMILES string of the molecule is COc1nn(C)c(=O)n1Cc1cc(-c2ccc(F)cc2)ccc1C. The second-order valence-electron chi connectivity index (χ2n) is 5.63. The van der Waals surface area contributed by atoms with E-state index in [1.165, 1.54) is 28.5 Å². The van der Waals surface area contributed by atoms with Gasteiger partial charge in [0.15, 0.2) is 0 Å². The highest BCUT2D eigenvalue weighted by molar-refractivity contribution is 5.64. The van der Waals surface area contributed by atoms with Crippen molar-refractivity contribution in [2.75, 3.05) is 7.11 Å². The van der Waals surface area contributed by atoms with Crippen molar-refractivity contribution < 1.29 is 9.13 Å². The third kappa shape index (κ3) is 2.95. The number of aromatic nitrogens is 3. The van der Waals surface area contributed by atoms with Crippen molar-refractivity contribution in [3.8, 4) is 17.1 Å². The molecule has 0 aliphatic carbocycles. The van der Waals surface area contributed by atoms with Gasteiger partial charge in [0.25, 0.3) is 0 Å². The molecule has 0 unspecified atom stereocenters. The van der Waals surface area contributed by atoms with Crippen molar-refractivity contribution >= 4 is 0 Å². The Labute approximate surface area is 138 Å². The second-order valence-corrected chi connectivity index (χ2v) is 5.63. The molecule has 0 atom stereocenters. The van der Waals surface area contributed by atoms with Crippen LogP contribution in [0.25, 0.3) is 11.1 Å². The first kappa shape index (κ1) is 16.0. The lowest BCUT2D eigenvalue weighted by Crippen LogP contribution is -2.23. The van der Waals surface area contributed by atoms with Gasteiger partial charge in [0.05, 0.1) is 13.7 Å². The van der Waals surface area contributed by atoms with Crippen LogP contribution in [0.1, 0.15) is 11.1 Å². The van der Waals surface area contributed by atoms with E-state index < -0.39 is 0 Å². The minimum absolute atomic E-state index is 0.238. The normalized spacial score (nSPS) is 10.8. The Kier molecular flexibility index (Phi) is 4.20. The molecule has 0 saturated heterocycles. The molecule has 3 aromatic rings. The summed E-state index contributed by atoms with van der Waals surface area (Å²) in [4.78, 5) is 12.2. The number of hydrogen-bond donors (Lipinski definition) is 0. The monoisotopic (exact) mass is 327 g/mol. The molecule has 0 aliphatic rings. The first-order valence-corrected chi connectivity index (χ1v) is 7.53. The van der Waals surface area contributed by atoms with E-state index in [2.05, 4.69) is 5.10 Å². The van der Waals surface area contributed by atoms with E-state index in [-0.39, 0.29) is 17.5 Å². The average molecular weight is 327 g/mol. The van der Waals surface area contributed by atoms with Crippen molar-refractivity contribution in [2.45, 2.75) is 13.5 Å². The van der Waals surface area contributed by atoms with E-state index in [9.17, 15) is 9.18 Å². The molecule has 3 rings (SSSR count). The zero-order valence-electron chi connectivity index (χ0n) is 13.8. The standard InChI is InChI=1S/C18H18FN3O2/c1-12-4-5-14(13-6-8-16(19)9-7-13)10-15(12)11-22-17(24-3)20-21(2)18(22)23/h4-10H,11H2,1-3H3. The van der Waals surface area contributed by atoms with Gasteiger partial charge in [-0.1, -0.05) is 24.3 Å². The van der Waals surface area contributed by atoms with Crippen LogP contribution in [0.15, 0.2) is 47.3 Å². The van der Waals surface area contributed by atoms with Crippen molar-refractivity contribution in [3.05, 3.63) is 69.9 Å². The van der Waals surface area contributed by atoms with Gasteiger partial charge in [0.1, 0.15) is 5.82 Å². The Balaban J connectivity index is 2.01. The summed E-state index contributed by atoms with van der Waals surface area (Å²) in [5, 5.41) is 4.05. The smallest absolute Gasteiger partial charge is 0.348 e. The number of halogens is 1. The van der Waals surface area contributed by atoms with E-state index in [4.69, 9.17) is 4.74 Å². The molecule has 0 aliphatic heterocycles. The highest BCUT2D eigenvalue weighted by atomic mass is 19.1. The van der Waals surface area contributed by atoms with Crippen LogP contribution in [0, 0.1) is 12.7 Å². The Morgan fingerprint density at radius 1 is 1.12 bits per heavy atom. The summed E-state index contributed by atoms with van der Waals surface area (Å²) < 4.78 is 21.0. The minimum Gasteiger partial charge on any atom is -0.467 e. The molecule has 0 fully saturated rings. The molecular weight excluding hydrogens is 309 g/mol. The maximum atomic E-state index is 13.1. The Bertz CT molecular complexity index is 926. The van der Waals surface area contributed by atoms with Crippen LogP contribution in [0.2, 0.25) is 0 Å². The van der Waals surface area contributed by atoms with Gasteiger partial charge >= 0.3 is 11.7 Å². The molecule has 24 heavy (non-hydrogen) atoms. The molecule has 0 N–H and O–H groups in total. The summed E-state index contributed by atoms with van der Waals surface area (Å²) in [5.41, 5.74) is 3.68. The fourth-order valence-electron chi connectivity index (χ4n) is 2.60. The van der Waals surface area contributed by atoms with Gasteiger partial charge in [0, 0.05) is 7.05 Å². The van der Waals surface area contributed by atoms with E-state index in [0.29, 0.717) is 6.54 Å². The van der Waals surface area contributed by atoms with Crippen molar-refractivity contribution in [3.63, 3.8) is 0 Å². The molecule has 1 heterocycles. The van der Waals surface area contributed by atoms with Crippen LogP contribution in [0.3, 0.4) is 0 Å². The average Bonchev–Trinajstić information content (AvgIpc) is 2.85. The summed E-state index contributed by atoms with van der Waals surface area (Å²) in [5.74, 6) is -0.266. The minimum atomic E-state index is -0.266. The Morgan fingerprint density at radius 2 is 1.79 bits per heavy atom. The molecule has 0 radical (unpaired) electrons. The first-order chi connectivity index (χ1) is 11.5. The van der Waals surface area contributed by atoms with Gasteiger partial charge in [-0.2, -0.15) is 0 Å². The molecule has 6 heteroatoms. The number of methoxy groups -OCH3 is 1. The molecule has 0 bridgehead atoms. The molecule has 124 valence electrons. The van der Waals surface area contributed by atoms with Crippen LogP contribution in [0.5, 0.6) is 6.01 Å². The lowest BCUT2D eigenvalue weighted by Gasteiger charge is -2.10. The zero-order chi connectivity index (χ0) is 17.3. The lowest BCUT2D eigenvalue weighted by molar-refractivity contribution is 0.357. The summed E-state index contributed by atoms with van der Waals surface area (Å²) in [6.07, 6.45) is 0. The van der Waals surface area contributed by atoms with Crippen LogP contribution in [-0.4, -0.2) is 21.5 Å². The molecule has 0 saturated carbocycles. The largest absolute Gasteiger partial charge is 0.467 e. The van der Waals surface area contributed by atoms with Gasteiger partial charge < -0.3 is 4.74 Å². The molecule has 1 aromatic heterocycles. The van der Waals surface area contributed by atoms with Gasteiger partial charge in [-0.3, -0.25) is 0 Å². The Hall–Kier alpha value is -2.89. The molecule has 0 spiro atoms. The fourth-order valence-corrected chi connectivity index (χ4v) is 2.60. The highest BCUT2D eigenvalue weighted by Gasteiger charge is 2.13. The summed E-state index contributed by atoms with van der Waals surface area (Å²) in [6, 6.07) is 12.6. The predicted molar refractivity (Wildman–Crippen MR) is 89.7 cm³/mol. The number of rotatable bonds is 4. The zero-order valence-corrected chi connectivity index (χ0v) is 13.8. The summed E-state index contributed by atoms with van der Waals surface area (Å²) >= 11 is 0. The van der Waals surface area contributed by atoms with Crippen molar-refractivity contribution in [2.24, 2.45) is 7.05 Å². The van der Waals surface area contributed by atoms with E-state index in [0.717, 1.165) is 22.3 Å². The topological polar surface area (TPSA) is 49.1 Å². The molecule has 5 nitrogen and oxygen atoms in total. The fraction of sp³-hybridized carbons (Fsp3) is 0.222. The van der Waals surface area contributed by atoms with Crippen LogP contribution in [-0.2, 0) is 13.6 Å². The maximum Gasteiger partial charge on any atom is 0.348 e. The maximum absolute atomic E-state index is 13.1. The van der Waals surface area contributed by atoms with Crippen LogP contribution >= 0.6 is 0 Å². The number of hydrogen-bond acceptors (Lipinski definition) is 3. The Morgan fingerprint density at radius 3 is 2.46 bits per heavy atom.